The van der Waals surface area contributed by atoms with Crippen molar-refractivity contribution in [3.63, 3.8) is 0 Å². The van der Waals surface area contributed by atoms with Crippen LogP contribution in [0.25, 0.3) is 0 Å². The van der Waals surface area contributed by atoms with Crippen molar-refractivity contribution in [2.75, 3.05) is 17.2 Å². The van der Waals surface area contributed by atoms with Gasteiger partial charge in [0.15, 0.2) is 0 Å². The van der Waals surface area contributed by atoms with E-state index in [2.05, 4.69) is 4.98 Å². The van der Waals surface area contributed by atoms with Gasteiger partial charge in [0.1, 0.15) is 0 Å². The number of amides is 1. The molecule has 0 saturated carbocycles. The van der Waals surface area contributed by atoms with E-state index in [0.29, 0.717) is 6.20 Å². The molecule has 21 heavy (non-hydrogen) atoms. The Kier molecular flexibility index (Phi) is 3.93. The summed E-state index contributed by atoms with van der Waals surface area (Å²) in [5.41, 5.74) is -0.977. The summed E-state index contributed by atoms with van der Waals surface area (Å²) in [6.45, 7) is -0.00173. The molecule has 0 bridgehead atoms. The first-order chi connectivity index (χ1) is 9.56. The maximum Gasteiger partial charge on any atom is 0.417 e. The molecule has 0 aliphatic carbocycles. The summed E-state index contributed by atoms with van der Waals surface area (Å²) in [7, 11) is -3.74. The minimum absolute atomic E-state index is 0.00173. The fourth-order valence-electron chi connectivity index (χ4n) is 2.20. The lowest BCUT2D eigenvalue weighted by Crippen LogP contribution is -2.27. The molecule has 1 aromatic heterocycles. The molecule has 1 fully saturated rings. The van der Waals surface area contributed by atoms with Gasteiger partial charge in [-0.2, -0.15) is 13.2 Å². The van der Waals surface area contributed by atoms with Gasteiger partial charge in [-0.25, -0.2) is 13.6 Å². The van der Waals surface area contributed by atoms with Crippen molar-refractivity contribution >= 4 is 21.6 Å². The van der Waals surface area contributed by atoms with Crippen LogP contribution in [0.4, 0.5) is 18.9 Å². The van der Waals surface area contributed by atoms with Gasteiger partial charge < -0.3 is 4.90 Å². The molecular formula is C11H12F3N3O3S. The minimum atomic E-state index is -4.56. The molecule has 2 rings (SSSR count). The molecule has 0 spiro atoms. The van der Waals surface area contributed by atoms with Gasteiger partial charge in [0, 0.05) is 25.1 Å². The zero-order valence-corrected chi connectivity index (χ0v) is 11.5. The Morgan fingerprint density at radius 1 is 1.38 bits per heavy atom. The van der Waals surface area contributed by atoms with Gasteiger partial charge in [-0.05, 0) is 6.07 Å². The maximum atomic E-state index is 12.6. The fraction of sp³-hybridized carbons (Fsp3) is 0.455. The molecule has 1 aliphatic heterocycles. The number of pyridine rings is 1. The van der Waals surface area contributed by atoms with Crippen LogP contribution >= 0.6 is 0 Å². The second-order valence-corrected chi connectivity index (χ2v) is 6.49. The highest BCUT2D eigenvalue weighted by Crippen LogP contribution is 2.32. The Morgan fingerprint density at radius 3 is 2.62 bits per heavy atom. The number of sulfonamides is 1. The van der Waals surface area contributed by atoms with Crippen molar-refractivity contribution < 1.29 is 26.4 Å². The highest BCUT2D eigenvalue weighted by Gasteiger charge is 2.35. The van der Waals surface area contributed by atoms with Crippen LogP contribution in [-0.2, 0) is 21.0 Å². The molecule has 1 aromatic rings. The monoisotopic (exact) mass is 323 g/mol. The third-order valence-electron chi connectivity index (χ3n) is 3.04. The molecule has 2 N–H and O–H groups in total. The number of carbonyl (C=O) groups excluding carboxylic acids is 1. The molecule has 116 valence electrons. The number of carbonyl (C=O) groups is 1. The lowest BCUT2D eigenvalue weighted by atomic mass is 10.1. The number of alkyl halides is 3. The van der Waals surface area contributed by atoms with E-state index in [1.165, 1.54) is 0 Å². The molecule has 0 aromatic carbocycles. The number of primary sulfonamides is 1. The Balaban J connectivity index is 2.21. The smallest absolute Gasteiger partial charge is 0.311 e. The number of nitrogens with zero attached hydrogens (tertiary/aromatic N) is 2. The highest BCUT2D eigenvalue weighted by molar-refractivity contribution is 7.89. The lowest BCUT2D eigenvalue weighted by Gasteiger charge is -2.17. The molecule has 0 radical (unpaired) electrons. The Morgan fingerprint density at radius 2 is 2.05 bits per heavy atom. The molecule has 1 aliphatic rings. The topological polar surface area (TPSA) is 93.4 Å². The average molecular weight is 323 g/mol. The molecular weight excluding hydrogens is 311 g/mol. The third-order valence-corrected chi connectivity index (χ3v) is 3.97. The predicted octanol–water partition coefficient (Wildman–Crippen LogP) is 0.742. The standard InChI is InChI=1S/C11H12F3N3O3S/c12-11(13,14)8-2-9(4-16-3-8)17-5-7(1-10(17)18)6-21(15,19)20/h2-4,7H,1,5-6H2,(H2,15,19,20). The zero-order valence-electron chi connectivity index (χ0n) is 10.7. The quantitative estimate of drug-likeness (QED) is 0.888. The Bertz CT molecular complexity index is 660. The first-order valence-corrected chi connectivity index (χ1v) is 7.61. The number of rotatable bonds is 3. The van der Waals surface area contributed by atoms with Gasteiger partial charge in [0.2, 0.25) is 15.9 Å². The molecule has 1 saturated heterocycles. The molecule has 6 nitrogen and oxygen atoms in total. The van der Waals surface area contributed by atoms with Crippen LogP contribution in [0.5, 0.6) is 0 Å². The predicted molar refractivity (Wildman–Crippen MR) is 67.7 cm³/mol. The third kappa shape index (κ3) is 3.91. The van der Waals surface area contributed by atoms with Gasteiger partial charge >= 0.3 is 6.18 Å². The van der Waals surface area contributed by atoms with Gasteiger partial charge in [0.25, 0.3) is 0 Å². The van der Waals surface area contributed by atoms with E-state index >= 15 is 0 Å². The van der Waals surface area contributed by atoms with Crippen molar-refractivity contribution in [3.8, 4) is 0 Å². The molecule has 10 heteroatoms. The largest absolute Gasteiger partial charge is 0.417 e. The van der Waals surface area contributed by atoms with E-state index in [4.69, 9.17) is 5.14 Å². The van der Waals surface area contributed by atoms with E-state index in [1.54, 1.807) is 0 Å². The second-order valence-electron chi connectivity index (χ2n) is 4.83. The number of nitrogens with two attached hydrogens (primary N) is 1. The summed E-state index contributed by atoms with van der Waals surface area (Å²) in [5, 5.41) is 4.91. The van der Waals surface area contributed by atoms with Crippen LogP contribution in [0.3, 0.4) is 0 Å². The maximum absolute atomic E-state index is 12.6. The van der Waals surface area contributed by atoms with E-state index in [1.807, 2.05) is 0 Å². The van der Waals surface area contributed by atoms with E-state index in [9.17, 15) is 26.4 Å². The van der Waals surface area contributed by atoms with Crippen LogP contribution in [-0.4, -0.2) is 31.6 Å². The van der Waals surface area contributed by atoms with Crippen molar-refractivity contribution in [2.45, 2.75) is 12.6 Å². The SMILES string of the molecule is NS(=O)(=O)CC1CC(=O)N(c2cncc(C(F)(F)F)c2)C1. The molecule has 1 amide bonds. The summed E-state index contributed by atoms with van der Waals surface area (Å²) in [6.07, 6.45) is -2.85. The van der Waals surface area contributed by atoms with Crippen LogP contribution in [0.2, 0.25) is 0 Å². The summed E-state index contributed by atoms with van der Waals surface area (Å²) < 4.78 is 59.9. The number of anilines is 1. The number of hydrogen-bond acceptors (Lipinski definition) is 4. The lowest BCUT2D eigenvalue weighted by molar-refractivity contribution is -0.137. The van der Waals surface area contributed by atoms with Gasteiger partial charge in [-0.1, -0.05) is 0 Å². The van der Waals surface area contributed by atoms with E-state index < -0.39 is 33.6 Å². The van der Waals surface area contributed by atoms with Gasteiger partial charge in [0.05, 0.1) is 23.2 Å². The number of halogens is 3. The Labute approximate surface area is 118 Å². The fourth-order valence-corrected chi connectivity index (χ4v) is 3.08. The minimum Gasteiger partial charge on any atom is -0.311 e. The van der Waals surface area contributed by atoms with Crippen LogP contribution in [0.15, 0.2) is 18.5 Å². The number of hydrogen-bond donors (Lipinski definition) is 1. The Hall–Kier alpha value is -1.68. The highest BCUT2D eigenvalue weighted by atomic mass is 32.2. The van der Waals surface area contributed by atoms with Gasteiger partial charge in [-0.15, -0.1) is 0 Å². The molecule has 1 unspecified atom stereocenters. The van der Waals surface area contributed by atoms with Crippen LogP contribution < -0.4 is 10.0 Å². The second kappa shape index (κ2) is 5.26. The van der Waals surface area contributed by atoms with Crippen LogP contribution in [0.1, 0.15) is 12.0 Å². The zero-order chi connectivity index (χ0) is 15.8. The normalized spacial score (nSPS) is 20.1. The average Bonchev–Trinajstić information content (AvgIpc) is 2.67. The summed E-state index contributed by atoms with van der Waals surface area (Å²) in [4.78, 5) is 16.4. The summed E-state index contributed by atoms with van der Waals surface area (Å²) >= 11 is 0. The summed E-state index contributed by atoms with van der Waals surface area (Å²) in [6, 6.07) is 0.810. The van der Waals surface area contributed by atoms with E-state index in [0.717, 1.165) is 17.2 Å². The van der Waals surface area contributed by atoms with Crippen LogP contribution in [0, 0.1) is 5.92 Å². The van der Waals surface area contributed by atoms with Crippen molar-refractivity contribution in [1.29, 1.82) is 0 Å². The van der Waals surface area contributed by atoms with E-state index in [-0.39, 0.29) is 24.4 Å². The first kappa shape index (κ1) is 15.7. The molecule has 2 heterocycles. The number of aromatic nitrogens is 1. The molecule has 1 atom stereocenters. The first-order valence-electron chi connectivity index (χ1n) is 5.89. The van der Waals surface area contributed by atoms with Crippen molar-refractivity contribution in [1.82, 2.24) is 4.98 Å². The van der Waals surface area contributed by atoms with Crippen molar-refractivity contribution in [3.05, 3.63) is 24.0 Å². The van der Waals surface area contributed by atoms with Crippen molar-refractivity contribution in [2.24, 2.45) is 11.1 Å². The van der Waals surface area contributed by atoms with Gasteiger partial charge in [-0.3, -0.25) is 9.78 Å². The summed E-state index contributed by atoms with van der Waals surface area (Å²) in [5.74, 6) is -1.38.